The lowest BCUT2D eigenvalue weighted by Crippen LogP contribution is -2.16. The van der Waals surface area contributed by atoms with E-state index in [1.807, 2.05) is 67.6 Å². The number of benzene rings is 3. The molecule has 0 radical (unpaired) electrons. The third-order valence-corrected chi connectivity index (χ3v) is 6.92. The van der Waals surface area contributed by atoms with E-state index in [0.29, 0.717) is 15.9 Å². The number of para-hydroxylation sites is 1. The van der Waals surface area contributed by atoms with Gasteiger partial charge in [-0.15, -0.1) is 11.3 Å². The second-order valence-electron chi connectivity index (χ2n) is 8.31. The maximum atomic E-state index is 13.4. The predicted molar refractivity (Wildman–Crippen MR) is 139 cm³/mol. The van der Waals surface area contributed by atoms with E-state index in [-0.39, 0.29) is 16.3 Å². The number of amides is 1. The number of hydrogen-bond acceptors (Lipinski definition) is 4. The molecule has 36 heavy (non-hydrogen) atoms. The normalized spacial score (nSPS) is 11.6. The van der Waals surface area contributed by atoms with Gasteiger partial charge < -0.3 is 11.1 Å². The molecular formula is C28H20F3N3OS. The molecule has 2 aromatic heterocycles. The van der Waals surface area contributed by atoms with Gasteiger partial charge in [-0.25, -0.2) is 4.98 Å². The first-order valence-electron chi connectivity index (χ1n) is 11.1. The number of rotatable bonds is 4. The van der Waals surface area contributed by atoms with Gasteiger partial charge in [0.1, 0.15) is 9.71 Å². The number of alkyl halides is 3. The summed E-state index contributed by atoms with van der Waals surface area (Å²) in [5.74, 6) is -0.719. The minimum Gasteiger partial charge on any atom is -0.397 e. The van der Waals surface area contributed by atoms with Gasteiger partial charge in [0.2, 0.25) is 0 Å². The van der Waals surface area contributed by atoms with Gasteiger partial charge in [-0.3, -0.25) is 4.79 Å². The van der Waals surface area contributed by atoms with Crippen molar-refractivity contribution in [3.63, 3.8) is 0 Å². The molecule has 5 rings (SSSR count). The standard InChI is InChI=1S/C28H20F3N3OS/c1-16-11-13-17(14-12-16)19-15-22(18-7-3-2-4-8-18)34-27-23(19)24(32)25(36-27)26(35)33-21-10-6-5-9-20(21)28(29,30)31/h2-15H,32H2,1H3,(H,33,35). The number of pyridine rings is 1. The number of nitrogens with two attached hydrogens (primary N) is 1. The van der Waals surface area contributed by atoms with Crippen LogP contribution in [-0.4, -0.2) is 10.9 Å². The zero-order valence-corrected chi connectivity index (χ0v) is 19.9. The molecule has 4 nitrogen and oxygen atoms in total. The second kappa shape index (κ2) is 9.13. The minimum absolute atomic E-state index is 0.105. The number of fused-ring (bicyclic) bond motifs is 1. The van der Waals surface area contributed by atoms with Gasteiger partial charge in [-0.05, 0) is 36.2 Å². The van der Waals surface area contributed by atoms with Crippen molar-refractivity contribution in [3.05, 3.63) is 101 Å². The van der Waals surface area contributed by atoms with Crippen LogP contribution >= 0.6 is 11.3 Å². The lowest BCUT2D eigenvalue weighted by atomic mass is 9.98. The molecule has 0 aliphatic rings. The quantitative estimate of drug-likeness (QED) is 0.263. The third kappa shape index (κ3) is 4.43. The van der Waals surface area contributed by atoms with E-state index >= 15 is 0 Å². The first-order chi connectivity index (χ1) is 17.2. The Morgan fingerprint density at radius 3 is 2.28 bits per heavy atom. The van der Waals surface area contributed by atoms with E-state index in [2.05, 4.69) is 5.32 Å². The number of aromatic nitrogens is 1. The highest BCUT2D eigenvalue weighted by Crippen LogP contribution is 2.42. The Hall–Kier alpha value is -4.17. The van der Waals surface area contributed by atoms with Crippen molar-refractivity contribution in [2.75, 3.05) is 11.1 Å². The van der Waals surface area contributed by atoms with E-state index in [4.69, 9.17) is 10.7 Å². The molecule has 0 atom stereocenters. The Balaban J connectivity index is 1.65. The number of halogens is 3. The maximum absolute atomic E-state index is 13.4. The summed E-state index contributed by atoms with van der Waals surface area (Å²) in [5.41, 5.74) is 9.76. The van der Waals surface area contributed by atoms with Crippen molar-refractivity contribution < 1.29 is 18.0 Å². The van der Waals surface area contributed by atoms with E-state index in [1.54, 1.807) is 0 Å². The molecule has 0 aliphatic carbocycles. The van der Waals surface area contributed by atoms with Crippen LogP contribution in [0.2, 0.25) is 0 Å². The first-order valence-corrected chi connectivity index (χ1v) is 11.9. The summed E-state index contributed by atoms with van der Waals surface area (Å²) in [6.07, 6.45) is -4.61. The molecule has 5 aromatic rings. The van der Waals surface area contributed by atoms with Crippen LogP contribution in [0.1, 0.15) is 20.8 Å². The molecule has 0 unspecified atom stereocenters. The van der Waals surface area contributed by atoms with E-state index < -0.39 is 17.6 Å². The van der Waals surface area contributed by atoms with Gasteiger partial charge in [0.15, 0.2) is 0 Å². The molecule has 3 N–H and O–H groups in total. The van der Waals surface area contributed by atoms with Crippen LogP contribution in [0.5, 0.6) is 0 Å². The molecule has 0 saturated heterocycles. The van der Waals surface area contributed by atoms with Gasteiger partial charge in [0.25, 0.3) is 5.91 Å². The summed E-state index contributed by atoms with van der Waals surface area (Å²) < 4.78 is 40.3. The fourth-order valence-corrected chi connectivity index (χ4v) is 5.04. The van der Waals surface area contributed by atoms with Crippen LogP contribution in [0.4, 0.5) is 24.5 Å². The summed E-state index contributed by atoms with van der Waals surface area (Å²) in [6, 6.07) is 24.3. The first kappa shape index (κ1) is 23.6. The smallest absolute Gasteiger partial charge is 0.397 e. The van der Waals surface area contributed by atoms with Crippen LogP contribution in [-0.2, 0) is 6.18 Å². The SMILES string of the molecule is Cc1ccc(-c2cc(-c3ccccc3)nc3sc(C(=O)Nc4ccccc4C(F)(F)F)c(N)c23)cc1. The molecule has 0 spiro atoms. The molecule has 3 aromatic carbocycles. The van der Waals surface area contributed by atoms with Gasteiger partial charge in [-0.2, -0.15) is 13.2 Å². The highest BCUT2D eigenvalue weighted by Gasteiger charge is 2.34. The molecule has 0 aliphatic heterocycles. The largest absolute Gasteiger partial charge is 0.418 e. The Bertz CT molecular complexity index is 1580. The monoisotopic (exact) mass is 503 g/mol. The third-order valence-electron chi connectivity index (χ3n) is 5.82. The molecule has 2 heterocycles. The fraction of sp³-hybridized carbons (Fsp3) is 0.0714. The molecular weight excluding hydrogens is 483 g/mol. The van der Waals surface area contributed by atoms with Crippen LogP contribution in [0.3, 0.4) is 0 Å². The second-order valence-corrected chi connectivity index (χ2v) is 9.31. The van der Waals surface area contributed by atoms with Gasteiger partial charge >= 0.3 is 6.18 Å². The zero-order chi connectivity index (χ0) is 25.4. The molecule has 0 saturated carbocycles. The van der Waals surface area contributed by atoms with Crippen LogP contribution < -0.4 is 11.1 Å². The van der Waals surface area contributed by atoms with E-state index in [9.17, 15) is 18.0 Å². The number of nitrogens with one attached hydrogen (secondary N) is 1. The Kier molecular flexibility index (Phi) is 5.97. The van der Waals surface area contributed by atoms with Crippen LogP contribution in [0, 0.1) is 6.92 Å². The summed E-state index contributed by atoms with van der Waals surface area (Å²) >= 11 is 1.06. The van der Waals surface area contributed by atoms with Gasteiger partial charge in [0, 0.05) is 10.9 Å². The topological polar surface area (TPSA) is 68.0 Å². The zero-order valence-electron chi connectivity index (χ0n) is 19.1. The van der Waals surface area contributed by atoms with Crippen LogP contribution in [0.25, 0.3) is 32.6 Å². The molecule has 1 amide bonds. The highest BCUT2D eigenvalue weighted by atomic mass is 32.1. The lowest BCUT2D eigenvalue weighted by Gasteiger charge is -2.13. The summed E-state index contributed by atoms with van der Waals surface area (Å²) in [7, 11) is 0. The van der Waals surface area contributed by atoms with Crippen molar-refractivity contribution in [3.8, 4) is 22.4 Å². The van der Waals surface area contributed by atoms with Crippen molar-refractivity contribution in [1.29, 1.82) is 0 Å². The maximum Gasteiger partial charge on any atom is 0.418 e. The van der Waals surface area contributed by atoms with Gasteiger partial charge in [0.05, 0.1) is 22.6 Å². The molecule has 0 bridgehead atoms. The Labute approximate surface area is 209 Å². The number of nitrogens with zero attached hydrogens (tertiary/aromatic N) is 1. The minimum atomic E-state index is -4.61. The molecule has 8 heteroatoms. The van der Waals surface area contributed by atoms with Crippen molar-refractivity contribution in [2.45, 2.75) is 13.1 Å². The Morgan fingerprint density at radius 2 is 1.58 bits per heavy atom. The average molecular weight is 504 g/mol. The fourth-order valence-electron chi connectivity index (χ4n) is 4.03. The van der Waals surface area contributed by atoms with Crippen molar-refractivity contribution >= 4 is 38.8 Å². The van der Waals surface area contributed by atoms with E-state index in [1.165, 1.54) is 18.2 Å². The highest BCUT2D eigenvalue weighted by molar-refractivity contribution is 7.21. The molecule has 180 valence electrons. The Morgan fingerprint density at radius 1 is 0.917 bits per heavy atom. The van der Waals surface area contributed by atoms with Crippen molar-refractivity contribution in [1.82, 2.24) is 4.98 Å². The van der Waals surface area contributed by atoms with E-state index in [0.717, 1.165) is 39.7 Å². The number of thiophene rings is 1. The number of anilines is 2. The summed E-state index contributed by atoms with van der Waals surface area (Å²) in [5, 5.41) is 2.99. The average Bonchev–Trinajstić information content (AvgIpc) is 3.21. The number of hydrogen-bond donors (Lipinski definition) is 2. The molecule has 0 fully saturated rings. The number of carbonyl (C=O) groups is 1. The summed E-state index contributed by atoms with van der Waals surface area (Å²) in [4.78, 5) is 18.5. The number of aryl methyl sites for hydroxylation is 1. The number of nitrogen functional groups attached to an aromatic ring is 1. The lowest BCUT2D eigenvalue weighted by molar-refractivity contribution is -0.136. The van der Waals surface area contributed by atoms with Gasteiger partial charge in [-0.1, -0.05) is 72.3 Å². The predicted octanol–water partition coefficient (Wildman–Crippen LogP) is 7.79. The number of carbonyl (C=O) groups excluding carboxylic acids is 1. The van der Waals surface area contributed by atoms with Crippen molar-refractivity contribution in [2.24, 2.45) is 0 Å². The summed E-state index contributed by atoms with van der Waals surface area (Å²) in [6.45, 7) is 1.99. The van der Waals surface area contributed by atoms with Crippen LogP contribution in [0.15, 0.2) is 84.9 Å².